The van der Waals surface area contributed by atoms with Crippen molar-refractivity contribution in [1.82, 2.24) is 4.31 Å². The second-order valence-electron chi connectivity index (χ2n) is 3.91. The van der Waals surface area contributed by atoms with Crippen molar-refractivity contribution >= 4 is 10.0 Å². The van der Waals surface area contributed by atoms with Gasteiger partial charge in [0.1, 0.15) is 10.6 Å². The highest BCUT2D eigenvalue weighted by molar-refractivity contribution is 7.89. The fraction of sp³-hybridized carbons (Fsp3) is 0.455. The van der Waals surface area contributed by atoms with Crippen molar-refractivity contribution < 1.29 is 13.5 Å². The number of aromatic hydroxyl groups is 1. The molecule has 0 radical (unpaired) electrons. The fourth-order valence-corrected chi connectivity index (χ4v) is 3.57. The van der Waals surface area contributed by atoms with E-state index in [2.05, 4.69) is 0 Å². The van der Waals surface area contributed by atoms with Crippen LogP contribution < -0.4 is 0 Å². The summed E-state index contributed by atoms with van der Waals surface area (Å²) in [4.78, 5) is 0.00347. The van der Waals surface area contributed by atoms with Crippen LogP contribution in [0.4, 0.5) is 0 Å². The Kier molecular flexibility index (Phi) is 2.90. The largest absolute Gasteiger partial charge is 0.507 e. The van der Waals surface area contributed by atoms with E-state index in [1.807, 2.05) is 6.92 Å². The number of phenols is 1. The average Bonchev–Trinajstić information content (AvgIpc) is 3.03. The molecule has 1 fully saturated rings. The lowest BCUT2D eigenvalue weighted by Crippen LogP contribution is -2.32. The van der Waals surface area contributed by atoms with Gasteiger partial charge in [-0.2, -0.15) is 4.31 Å². The van der Waals surface area contributed by atoms with Crippen molar-refractivity contribution in [3.8, 4) is 5.75 Å². The monoisotopic (exact) mass is 241 g/mol. The van der Waals surface area contributed by atoms with Gasteiger partial charge in [0.25, 0.3) is 0 Å². The molecule has 0 atom stereocenters. The number of nitrogens with zero attached hydrogens (tertiary/aromatic N) is 1. The third kappa shape index (κ3) is 1.92. The third-order valence-corrected chi connectivity index (χ3v) is 4.79. The predicted molar refractivity (Wildman–Crippen MR) is 60.7 cm³/mol. The van der Waals surface area contributed by atoms with E-state index in [0.717, 1.165) is 12.8 Å². The van der Waals surface area contributed by atoms with E-state index in [-0.39, 0.29) is 16.7 Å². The summed E-state index contributed by atoms with van der Waals surface area (Å²) in [5.74, 6) is -0.179. The SMILES string of the molecule is CCN(C1CC1)S(=O)(=O)c1ccccc1O. The highest BCUT2D eigenvalue weighted by Gasteiger charge is 2.37. The van der Waals surface area contributed by atoms with Crippen LogP contribution in [0, 0.1) is 0 Å². The van der Waals surface area contributed by atoms with Crippen molar-refractivity contribution in [3.63, 3.8) is 0 Å². The van der Waals surface area contributed by atoms with E-state index in [9.17, 15) is 13.5 Å². The molecule has 0 amide bonds. The van der Waals surface area contributed by atoms with Crippen LogP contribution in [0.5, 0.6) is 5.75 Å². The molecule has 1 N–H and O–H groups in total. The van der Waals surface area contributed by atoms with E-state index < -0.39 is 10.0 Å². The molecule has 1 saturated carbocycles. The van der Waals surface area contributed by atoms with Gasteiger partial charge in [0, 0.05) is 12.6 Å². The zero-order chi connectivity index (χ0) is 11.8. The topological polar surface area (TPSA) is 57.6 Å². The maximum Gasteiger partial charge on any atom is 0.246 e. The third-order valence-electron chi connectivity index (χ3n) is 2.72. The zero-order valence-corrected chi connectivity index (χ0v) is 9.94. The molecule has 5 heteroatoms. The van der Waals surface area contributed by atoms with Gasteiger partial charge >= 0.3 is 0 Å². The summed E-state index contributed by atoms with van der Waals surface area (Å²) in [6, 6.07) is 6.19. The van der Waals surface area contributed by atoms with Crippen LogP contribution in [-0.4, -0.2) is 30.4 Å². The summed E-state index contributed by atoms with van der Waals surface area (Å²) in [5, 5.41) is 9.59. The summed E-state index contributed by atoms with van der Waals surface area (Å²) in [6.07, 6.45) is 1.83. The molecule has 16 heavy (non-hydrogen) atoms. The minimum Gasteiger partial charge on any atom is -0.507 e. The van der Waals surface area contributed by atoms with Crippen LogP contribution >= 0.6 is 0 Å². The molecule has 0 heterocycles. The minimum absolute atomic E-state index is 0.00347. The predicted octanol–water partition coefficient (Wildman–Crippen LogP) is 1.57. The van der Waals surface area contributed by atoms with Gasteiger partial charge in [0.15, 0.2) is 0 Å². The minimum atomic E-state index is -3.54. The smallest absolute Gasteiger partial charge is 0.246 e. The van der Waals surface area contributed by atoms with E-state index in [0.29, 0.717) is 6.54 Å². The second-order valence-corrected chi connectivity index (χ2v) is 5.77. The first kappa shape index (κ1) is 11.4. The van der Waals surface area contributed by atoms with Gasteiger partial charge in [-0.05, 0) is 25.0 Å². The quantitative estimate of drug-likeness (QED) is 0.870. The molecule has 2 rings (SSSR count). The molecule has 88 valence electrons. The van der Waals surface area contributed by atoms with Gasteiger partial charge in [-0.15, -0.1) is 0 Å². The van der Waals surface area contributed by atoms with Crippen molar-refractivity contribution in [2.24, 2.45) is 0 Å². The van der Waals surface area contributed by atoms with Crippen molar-refractivity contribution in [2.75, 3.05) is 6.54 Å². The Morgan fingerprint density at radius 2 is 2.00 bits per heavy atom. The van der Waals surface area contributed by atoms with Crippen LogP contribution in [0.1, 0.15) is 19.8 Å². The summed E-state index contributed by atoms with van der Waals surface area (Å²) < 4.78 is 25.9. The first-order valence-corrected chi connectivity index (χ1v) is 6.81. The second kappa shape index (κ2) is 4.07. The number of para-hydroxylation sites is 1. The molecular weight excluding hydrogens is 226 g/mol. The molecule has 0 spiro atoms. The standard InChI is InChI=1S/C11H15NO3S/c1-2-12(9-7-8-9)16(14,15)11-6-4-3-5-10(11)13/h3-6,9,13H,2,7-8H2,1H3. The maximum absolute atomic E-state index is 12.2. The molecule has 0 aliphatic heterocycles. The molecule has 0 bridgehead atoms. The highest BCUT2D eigenvalue weighted by Crippen LogP contribution is 2.34. The molecule has 1 aromatic rings. The van der Waals surface area contributed by atoms with Crippen molar-refractivity contribution in [3.05, 3.63) is 24.3 Å². The molecule has 1 aromatic carbocycles. The lowest BCUT2D eigenvalue weighted by atomic mass is 10.3. The molecule has 4 nitrogen and oxygen atoms in total. The van der Waals surface area contributed by atoms with Gasteiger partial charge in [0.2, 0.25) is 10.0 Å². The molecule has 0 aromatic heterocycles. The van der Waals surface area contributed by atoms with Gasteiger partial charge in [0.05, 0.1) is 0 Å². The highest BCUT2D eigenvalue weighted by atomic mass is 32.2. The normalized spacial score (nSPS) is 16.6. The first-order chi connectivity index (χ1) is 7.57. The Balaban J connectivity index is 2.41. The molecule has 1 aliphatic carbocycles. The number of hydrogen-bond donors (Lipinski definition) is 1. The molecule has 1 aliphatic rings. The fourth-order valence-electron chi connectivity index (χ4n) is 1.79. The molecular formula is C11H15NO3S. The van der Waals surface area contributed by atoms with Crippen molar-refractivity contribution in [2.45, 2.75) is 30.7 Å². The zero-order valence-electron chi connectivity index (χ0n) is 9.13. The van der Waals surface area contributed by atoms with E-state index in [4.69, 9.17) is 0 Å². The van der Waals surface area contributed by atoms with Crippen LogP contribution in [0.25, 0.3) is 0 Å². The average molecular weight is 241 g/mol. The van der Waals surface area contributed by atoms with Crippen LogP contribution in [-0.2, 0) is 10.0 Å². The number of hydrogen-bond acceptors (Lipinski definition) is 3. The Morgan fingerprint density at radius 3 is 2.50 bits per heavy atom. The van der Waals surface area contributed by atoms with Gasteiger partial charge < -0.3 is 5.11 Å². The summed E-state index contributed by atoms with van der Waals surface area (Å²) >= 11 is 0. The van der Waals surface area contributed by atoms with Gasteiger partial charge in [-0.3, -0.25) is 0 Å². The van der Waals surface area contributed by atoms with E-state index in [1.54, 1.807) is 12.1 Å². The van der Waals surface area contributed by atoms with E-state index >= 15 is 0 Å². The number of rotatable bonds is 4. The first-order valence-electron chi connectivity index (χ1n) is 5.37. The Hall–Kier alpha value is -1.07. The number of phenolic OH excluding ortho intramolecular Hbond substituents is 1. The number of sulfonamides is 1. The summed E-state index contributed by atoms with van der Waals surface area (Å²) in [6.45, 7) is 2.26. The summed E-state index contributed by atoms with van der Waals surface area (Å²) in [5.41, 5.74) is 0. The molecule has 0 saturated heterocycles. The lowest BCUT2D eigenvalue weighted by Gasteiger charge is -2.20. The number of benzene rings is 1. The van der Waals surface area contributed by atoms with Crippen LogP contribution in [0.15, 0.2) is 29.2 Å². The van der Waals surface area contributed by atoms with Crippen LogP contribution in [0.2, 0.25) is 0 Å². The lowest BCUT2D eigenvalue weighted by molar-refractivity contribution is 0.411. The van der Waals surface area contributed by atoms with E-state index in [1.165, 1.54) is 16.4 Å². The van der Waals surface area contributed by atoms with Crippen molar-refractivity contribution in [1.29, 1.82) is 0 Å². The van der Waals surface area contributed by atoms with Gasteiger partial charge in [-0.1, -0.05) is 19.1 Å². The Morgan fingerprint density at radius 1 is 1.38 bits per heavy atom. The maximum atomic E-state index is 12.2. The van der Waals surface area contributed by atoms with Gasteiger partial charge in [-0.25, -0.2) is 8.42 Å². The van der Waals surface area contributed by atoms with Crippen LogP contribution in [0.3, 0.4) is 0 Å². The Bertz CT molecular complexity index is 480. The molecule has 0 unspecified atom stereocenters. The Labute approximate surface area is 95.6 Å². The summed E-state index contributed by atoms with van der Waals surface area (Å²) in [7, 11) is -3.54.